The molecule has 1 aromatic heterocycles. The highest BCUT2D eigenvalue weighted by atomic mass is 16.5. The molecule has 0 aliphatic carbocycles. The summed E-state index contributed by atoms with van der Waals surface area (Å²) in [5.41, 5.74) is 0.718. The fourth-order valence-corrected chi connectivity index (χ4v) is 0.567. The zero-order chi connectivity index (χ0) is 6.69. The van der Waals surface area contributed by atoms with Crippen molar-refractivity contribution >= 4 is 0 Å². The molecule has 0 saturated carbocycles. The zero-order valence-electron chi connectivity index (χ0n) is 5.47. The smallest absolute Gasteiger partial charge is 0.197 e. The van der Waals surface area contributed by atoms with E-state index < -0.39 is 0 Å². The summed E-state index contributed by atoms with van der Waals surface area (Å²) in [6.45, 7) is 2.24. The van der Waals surface area contributed by atoms with Gasteiger partial charge in [-0.3, -0.25) is 0 Å². The molecular weight excluding hydrogens is 118 g/mol. The third-order valence-corrected chi connectivity index (χ3v) is 0.890. The van der Waals surface area contributed by atoms with Crippen molar-refractivity contribution in [1.29, 1.82) is 0 Å². The van der Waals surface area contributed by atoms with Gasteiger partial charge in [-0.1, -0.05) is 0 Å². The Morgan fingerprint density at radius 2 is 2.56 bits per heavy atom. The Kier molecular flexibility index (Phi) is 1.85. The summed E-state index contributed by atoms with van der Waals surface area (Å²) in [5.74, 6) is 0.627. The average Bonchev–Trinajstić information content (AvgIpc) is 2.17. The summed E-state index contributed by atoms with van der Waals surface area (Å²) in [6.07, 6.45) is 2.60. The van der Waals surface area contributed by atoms with Crippen LogP contribution in [0.5, 0.6) is 0 Å². The monoisotopic (exact) mass is 126 g/mol. The van der Waals surface area contributed by atoms with Crippen molar-refractivity contribution in [3.63, 3.8) is 0 Å². The van der Waals surface area contributed by atoms with Crippen LogP contribution in [0.25, 0.3) is 0 Å². The molecule has 49 valence electrons. The Morgan fingerprint density at radius 3 is 3.00 bits per heavy atom. The average molecular weight is 126 g/mol. The molecule has 0 N–H and O–H groups in total. The maximum atomic E-state index is 4.80. The van der Waals surface area contributed by atoms with Gasteiger partial charge in [-0.2, -0.15) is 0 Å². The predicted octanol–water partition coefficient (Wildman–Crippen LogP) is 0.930. The number of oxazole rings is 1. The highest BCUT2D eigenvalue weighted by Gasteiger charge is 1.97. The number of ether oxygens (including phenoxy) is 1. The Labute approximate surface area is 53.7 Å². The Morgan fingerprint density at radius 1 is 1.78 bits per heavy atom. The van der Waals surface area contributed by atoms with Gasteiger partial charge in [-0.05, 0) is 0 Å². The van der Waals surface area contributed by atoms with Gasteiger partial charge in [-0.15, -0.1) is 0 Å². The molecule has 1 heterocycles. The van der Waals surface area contributed by atoms with E-state index >= 15 is 0 Å². The third kappa shape index (κ3) is 1.54. The van der Waals surface area contributed by atoms with E-state index in [-0.39, 0.29) is 0 Å². The number of methoxy groups -OCH3 is 1. The second-order valence-corrected chi connectivity index (χ2v) is 1.71. The fourth-order valence-electron chi connectivity index (χ4n) is 0.567. The quantitative estimate of drug-likeness (QED) is 0.591. The SMILES string of the molecule is COCc1[c]oc(C)n1. The van der Waals surface area contributed by atoms with Gasteiger partial charge in [0.05, 0.1) is 6.61 Å². The van der Waals surface area contributed by atoms with Gasteiger partial charge in [0.2, 0.25) is 0 Å². The van der Waals surface area contributed by atoms with Gasteiger partial charge in [0.1, 0.15) is 5.69 Å². The van der Waals surface area contributed by atoms with Crippen LogP contribution in [0.15, 0.2) is 4.42 Å². The lowest BCUT2D eigenvalue weighted by molar-refractivity contribution is 0.181. The first-order valence-electron chi connectivity index (χ1n) is 2.66. The van der Waals surface area contributed by atoms with Crippen molar-refractivity contribution in [2.75, 3.05) is 7.11 Å². The predicted molar refractivity (Wildman–Crippen MR) is 30.8 cm³/mol. The van der Waals surface area contributed by atoms with Crippen LogP contribution in [0, 0.1) is 13.2 Å². The molecule has 1 rings (SSSR count). The number of rotatable bonds is 2. The number of aromatic nitrogens is 1. The Bertz CT molecular complexity index is 183. The van der Waals surface area contributed by atoms with Crippen LogP contribution in [0.3, 0.4) is 0 Å². The highest BCUT2D eigenvalue weighted by molar-refractivity contribution is 4.90. The first kappa shape index (κ1) is 6.29. The molecule has 0 fully saturated rings. The molecule has 1 radical (unpaired) electrons. The lowest BCUT2D eigenvalue weighted by Crippen LogP contribution is -1.86. The first-order valence-corrected chi connectivity index (χ1v) is 2.66. The van der Waals surface area contributed by atoms with Crippen LogP contribution in [0.2, 0.25) is 0 Å². The summed E-state index contributed by atoms with van der Waals surface area (Å²) < 4.78 is 9.59. The molecule has 0 amide bonds. The van der Waals surface area contributed by atoms with Crippen LogP contribution in [0.4, 0.5) is 0 Å². The van der Waals surface area contributed by atoms with Crippen LogP contribution in [-0.2, 0) is 11.3 Å². The number of hydrogen-bond donors (Lipinski definition) is 0. The molecule has 3 heteroatoms. The van der Waals surface area contributed by atoms with E-state index in [1.54, 1.807) is 14.0 Å². The van der Waals surface area contributed by atoms with Crippen molar-refractivity contribution < 1.29 is 9.15 Å². The third-order valence-electron chi connectivity index (χ3n) is 0.890. The van der Waals surface area contributed by atoms with E-state index in [4.69, 9.17) is 9.15 Å². The van der Waals surface area contributed by atoms with E-state index in [9.17, 15) is 0 Å². The van der Waals surface area contributed by atoms with Gasteiger partial charge in [0.15, 0.2) is 12.2 Å². The van der Waals surface area contributed by atoms with Crippen LogP contribution < -0.4 is 0 Å². The molecule has 0 spiro atoms. The molecule has 0 aromatic carbocycles. The minimum Gasteiger partial charge on any atom is -0.437 e. The van der Waals surface area contributed by atoms with Crippen molar-refractivity contribution in [1.82, 2.24) is 4.98 Å². The van der Waals surface area contributed by atoms with E-state index in [1.807, 2.05) is 0 Å². The molecule has 0 aliphatic rings. The normalized spacial score (nSPS) is 10.0. The first-order chi connectivity index (χ1) is 4.33. The van der Waals surface area contributed by atoms with Gasteiger partial charge in [0.25, 0.3) is 0 Å². The van der Waals surface area contributed by atoms with Gasteiger partial charge in [-0.25, -0.2) is 4.98 Å². The maximum absolute atomic E-state index is 4.80. The minimum atomic E-state index is 0.470. The van der Waals surface area contributed by atoms with Crippen molar-refractivity contribution in [3.8, 4) is 0 Å². The molecule has 3 nitrogen and oxygen atoms in total. The lowest BCUT2D eigenvalue weighted by Gasteiger charge is -1.86. The summed E-state index contributed by atoms with van der Waals surface area (Å²) in [5, 5.41) is 0. The van der Waals surface area contributed by atoms with E-state index in [0.29, 0.717) is 12.5 Å². The summed E-state index contributed by atoms with van der Waals surface area (Å²) in [6, 6.07) is 0. The van der Waals surface area contributed by atoms with Crippen LogP contribution in [0.1, 0.15) is 11.6 Å². The molecule has 0 aliphatic heterocycles. The summed E-state index contributed by atoms with van der Waals surface area (Å²) in [7, 11) is 1.61. The molecule has 0 saturated heterocycles. The van der Waals surface area contributed by atoms with Crippen LogP contribution in [-0.4, -0.2) is 12.1 Å². The number of nitrogens with zero attached hydrogens (tertiary/aromatic N) is 1. The van der Waals surface area contributed by atoms with Crippen molar-refractivity contribution in [3.05, 3.63) is 17.8 Å². The lowest BCUT2D eigenvalue weighted by atomic mass is 10.5. The topological polar surface area (TPSA) is 35.3 Å². The molecule has 0 atom stereocenters. The molecule has 1 aromatic rings. The van der Waals surface area contributed by atoms with Crippen LogP contribution >= 0.6 is 0 Å². The number of hydrogen-bond acceptors (Lipinski definition) is 3. The second-order valence-electron chi connectivity index (χ2n) is 1.71. The Hall–Kier alpha value is -0.830. The van der Waals surface area contributed by atoms with Gasteiger partial charge >= 0.3 is 0 Å². The zero-order valence-corrected chi connectivity index (χ0v) is 5.47. The molecular formula is C6H8NO2. The maximum Gasteiger partial charge on any atom is 0.197 e. The molecule has 0 bridgehead atoms. The summed E-state index contributed by atoms with van der Waals surface area (Å²) in [4.78, 5) is 3.95. The molecule has 9 heavy (non-hydrogen) atoms. The van der Waals surface area contributed by atoms with Crippen molar-refractivity contribution in [2.24, 2.45) is 0 Å². The standard InChI is InChI=1S/C6H8NO2/c1-5-7-6(3-8-2)4-9-5/h3H2,1-2H3. The van der Waals surface area contributed by atoms with E-state index in [2.05, 4.69) is 11.2 Å². The highest BCUT2D eigenvalue weighted by Crippen LogP contribution is 1.98. The van der Waals surface area contributed by atoms with E-state index in [0.717, 1.165) is 5.69 Å². The summed E-state index contributed by atoms with van der Waals surface area (Å²) >= 11 is 0. The van der Waals surface area contributed by atoms with Gasteiger partial charge in [0, 0.05) is 14.0 Å². The number of aryl methyl sites for hydroxylation is 1. The molecule has 0 unspecified atom stereocenters. The fraction of sp³-hybridized carbons (Fsp3) is 0.500. The van der Waals surface area contributed by atoms with Crippen molar-refractivity contribution in [2.45, 2.75) is 13.5 Å². The second kappa shape index (κ2) is 2.64. The van der Waals surface area contributed by atoms with E-state index in [1.165, 1.54) is 0 Å². The minimum absolute atomic E-state index is 0.470. The Balaban J connectivity index is 2.61. The largest absolute Gasteiger partial charge is 0.437 e. The van der Waals surface area contributed by atoms with Gasteiger partial charge < -0.3 is 9.15 Å².